The van der Waals surface area contributed by atoms with Gasteiger partial charge in [-0.1, -0.05) is 6.07 Å². The molecule has 2 aromatic heterocycles. The molecule has 0 saturated heterocycles. The molecule has 0 fully saturated rings. The van der Waals surface area contributed by atoms with E-state index in [1.54, 1.807) is 24.5 Å². The Bertz CT molecular complexity index is 833. The fourth-order valence-electron chi connectivity index (χ4n) is 2.02. The molecule has 24 heavy (non-hydrogen) atoms. The van der Waals surface area contributed by atoms with Gasteiger partial charge in [-0.2, -0.15) is 22.5 Å². The van der Waals surface area contributed by atoms with Crippen molar-refractivity contribution < 1.29 is 13.2 Å². The third-order valence-corrected chi connectivity index (χ3v) is 3.94. The van der Waals surface area contributed by atoms with Crippen molar-refractivity contribution in [2.75, 3.05) is 11.1 Å². The van der Waals surface area contributed by atoms with Crippen LogP contribution in [0.3, 0.4) is 0 Å². The van der Waals surface area contributed by atoms with Crippen molar-refractivity contribution in [3.8, 4) is 11.4 Å². The number of anilines is 2. The number of nitrogens with zero attached hydrogens (tertiary/aromatic N) is 3. The van der Waals surface area contributed by atoms with Crippen LogP contribution >= 0.6 is 11.5 Å². The number of alkyl halides is 3. The van der Waals surface area contributed by atoms with Gasteiger partial charge in [0.2, 0.25) is 5.13 Å². The summed E-state index contributed by atoms with van der Waals surface area (Å²) in [5, 5.41) is 3.57. The van der Waals surface area contributed by atoms with Crippen molar-refractivity contribution in [1.29, 1.82) is 0 Å². The normalized spacial score (nSPS) is 11.5. The second-order valence-electron chi connectivity index (χ2n) is 4.92. The van der Waals surface area contributed by atoms with Crippen LogP contribution in [0.15, 0.2) is 42.7 Å². The second kappa shape index (κ2) is 6.44. The zero-order chi connectivity index (χ0) is 17.2. The van der Waals surface area contributed by atoms with Crippen LogP contribution in [0.2, 0.25) is 0 Å². The van der Waals surface area contributed by atoms with E-state index in [0.29, 0.717) is 16.5 Å². The first kappa shape index (κ1) is 16.2. The maximum atomic E-state index is 12.6. The number of hydrogen-bond acceptors (Lipinski definition) is 6. The van der Waals surface area contributed by atoms with Crippen LogP contribution in [0.5, 0.6) is 0 Å². The number of nitrogens with one attached hydrogen (secondary N) is 1. The molecule has 0 bridgehead atoms. The lowest BCUT2D eigenvalue weighted by molar-refractivity contribution is -0.137. The number of halogens is 3. The molecule has 0 aliphatic heterocycles. The Morgan fingerprint density at radius 3 is 2.54 bits per heavy atom. The lowest BCUT2D eigenvalue weighted by atomic mass is 10.1. The summed E-state index contributed by atoms with van der Waals surface area (Å²) in [4.78, 5) is 8.26. The molecule has 0 aliphatic rings. The zero-order valence-corrected chi connectivity index (χ0v) is 13.0. The lowest BCUT2D eigenvalue weighted by Gasteiger charge is -2.11. The topological polar surface area (TPSA) is 76.7 Å². The van der Waals surface area contributed by atoms with Crippen molar-refractivity contribution >= 4 is 22.4 Å². The number of hydrogen-bond donors (Lipinski definition) is 2. The van der Waals surface area contributed by atoms with Crippen LogP contribution in [0.1, 0.15) is 11.1 Å². The van der Waals surface area contributed by atoms with Crippen molar-refractivity contribution in [3.63, 3.8) is 0 Å². The molecule has 0 radical (unpaired) electrons. The number of nitrogens with two attached hydrogens (primary N) is 1. The van der Waals surface area contributed by atoms with Crippen molar-refractivity contribution in [1.82, 2.24) is 14.3 Å². The largest absolute Gasteiger partial charge is 0.416 e. The highest BCUT2D eigenvalue weighted by molar-refractivity contribution is 7.09. The van der Waals surface area contributed by atoms with E-state index in [1.807, 2.05) is 0 Å². The summed E-state index contributed by atoms with van der Waals surface area (Å²) < 4.78 is 42.1. The number of benzene rings is 1. The van der Waals surface area contributed by atoms with Crippen LogP contribution in [0.4, 0.5) is 24.0 Å². The van der Waals surface area contributed by atoms with E-state index in [1.165, 1.54) is 6.07 Å². The molecule has 0 saturated carbocycles. The maximum Gasteiger partial charge on any atom is 0.416 e. The first-order valence-electron chi connectivity index (χ1n) is 6.87. The minimum Gasteiger partial charge on any atom is -0.398 e. The van der Waals surface area contributed by atoms with Crippen LogP contribution < -0.4 is 11.1 Å². The van der Waals surface area contributed by atoms with Gasteiger partial charge in [0.25, 0.3) is 0 Å². The summed E-state index contributed by atoms with van der Waals surface area (Å²) in [7, 11) is 0. The molecule has 3 N–H and O–H groups in total. The highest BCUT2D eigenvalue weighted by Gasteiger charge is 2.30. The fraction of sp³-hybridized carbons (Fsp3) is 0.133. The second-order valence-corrected chi connectivity index (χ2v) is 5.68. The highest BCUT2D eigenvalue weighted by Crippen LogP contribution is 2.31. The van der Waals surface area contributed by atoms with Gasteiger partial charge in [0.05, 0.1) is 5.56 Å². The molecular formula is C15H12F3N5S. The van der Waals surface area contributed by atoms with E-state index < -0.39 is 11.7 Å². The fourth-order valence-corrected chi connectivity index (χ4v) is 2.60. The van der Waals surface area contributed by atoms with Crippen LogP contribution in [0, 0.1) is 0 Å². The minimum absolute atomic E-state index is 0.0798. The van der Waals surface area contributed by atoms with Crippen LogP contribution in [-0.2, 0) is 12.7 Å². The van der Waals surface area contributed by atoms with Gasteiger partial charge in [-0.3, -0.25) is 4.98 Å². The molecular weight excluding hydrogens is 339 g/mol. The van der Waals surface area contributed by atoms with Crippen LogP contribution in [0.25, 0.3) is 11.4 Å². The molecule has 2 heterocycles. The standard InChI is InChI=1S/C15H12F3N5S/c16-15(17,18)11-2-1-10(12(19)7-11)8-21-14-22-13(23-24-14)9-3-5-20-6-4-9/h1-7H,8,19H2,(H,21,22,23). The molecule has 0 unspecified atom stereocenters. The predicted octanol–water partition coefficient (Wildman–Crippen LogP) is 3.81. The Kier molecular flexibility index (Phi) is 4.34. The van der Waals surface area contributed by atoms with Crippen molar-refractivity contribution in [2.24, 2.45) is 0 Å². The smallest absolute Gasteiger partial charge is 0.398 e. The monoisotopic (exact) mass is 351 g/mol. The number of nitrogen functional groups attached to an aromatic ring is 1. The SMILES string of the molecule is Nc1cc(C(F)(F)F)ccc1CNc1nc(-c2ccncc2)ns1. The van der Waals surface area contributed by atoms with E-state index in [0.717, 1.165) is 29.2 Å². The van der Waals surface area contributed by atoms with Gasteiger partial charge in [-0.05, 0) is 29.8 Å². The van der Waals surface area contributed by atoms with Gasteiger partial charge in [0.1, 0.15) is 0 Å². The molecule has 0 spiro atoms. The maximum absolute atomic E-state index is 12.6. The Hall–Kier alpha value is -2.68. The average molecular weight is 351 g/mol. The molecule has 5 nitrogen and oxygen atoms in total. The predicted molar refractivity (Wildman–Crippen MR) is 86.3 cm³/mol. The van der Waals surface area contributed by atoms with Crippen molar-refractivity contribution in [2.45, 2.75) is 12.7 Å². The van der Waals surface area contributed by atoms with E-state index >= 15 is 0 Å². The summed E-state index contributed by atoms with van der Waals surface area (Å²) in [5.74, 6) is 0.560. The zero-order valence-electron chi connectivity index (χ0n) is 12.2. The van der Waals surface area contributed by atoms with E-state index in [2.05, 4.69) is 19.7 Å². The van der Waals surface area contributed by atoms with E-state index in [-0.39, 0.29) is 12.2 Å². The minimum atomic E-state index is -4.40. The Morgan fingerprint density at radius 1 is 1.12 bits per heavy atom. The van der Waals surface area contributed by atoms with Gasteiger partial charge in [-0.15, -0.1) is 0 Å². The van der Waals surface area contributed by atoms with Gasteiger partial charge in [-0.25, -0.2) is 0 Å². The van der Waals surface area contributed by atoms with Gasteiger partial charge < -0.3 is 11.1 Å². The highest BCUT2D eigenvalue weighted by atomic mass is 32.1. The average Bonchev–Trinajstić information content (AvgIpc) is 3.02. The molecule has 9 heteroatoms. The number of aromatic nitrogens is 3. The van der Waals surface area contributed by atoms with Crippen LogP contribution in [-0.4, -0.2) is 14.3 Å². The molecule has 0 amide bonds. The number of pyridine rings is 1. The third-order valence-electron chi connectivity index (χ3n) is 3.27. The Balaban J connectivity index is 1.69. The molecule has 3 rings (SSSR count). The van der Waals surface area contributed by atoms with E-state index in [4.69, 9.17) is 5.73 Å². The summed E-state index contributed by atoms with van der Waals surface area (Å²) >= 11 is 1.16. The summed E-state index contributed by atoms with van der Waals surface area (Å²) in [6.07, 6.45) is -1.11. The quantitative estimate of drug-likeness (QED) is 0.699. The molecule has 124 valence electrons. The van der Waals surface area contributed by atoms with Gasteiger partial charge in [0, 0.05) is 41.7 Å². The van der Waals surface area contributed by atoms with Crippen molar-refractivity contribution in [3.05, 3.63) is 53.9 Å². The summed E-state index contributed by atoms with van der Waals surface area (Å²) in [5.41, 5.74) is 6.41. The van der Waals surface area contributed by atoms with Gasteiger partial charge >= 0.3 is 6.18 Å². The third kappa shape index (κ3) is 3.62. The first-order chi connectivity index (χ1) is 11.4. The first-order valence-corrected chi connectivity index (χ1v) is 7.64. The summed E-state index contributed by atoms with van der Waals surface area (Å²) in [6, 6.07) is 6.88. The number of rotatable bonds is 4. The lowest BCUT2D eigenvalue weighted by Crippen LogP contribution is -2.08. The van der Waals surface area contributed by atoms with Gasteiger partial charge in [0.15, 0.2) is 5.82 Å². The summed E-state index contributed by atoms with van der Waals surface area (Å²) in [6.45, 7) is 0.259. The Labute approximate surface area is 139 Å². The Morgan fingerprint density at radius 2 is 1.88 bits per heavy atom. The molecule has 0 atom stereocenters. The molecule has 1 aromatic carbocycles. The molecule has 0 aliphatic carbocycles. The van der Waals surface area contributed by atoms with E-state index in [9.17, 15) is 13.2 Å². The molecule has 3 aromatic rings.